The highest BCUT2D eigenvalue weighted by atomic mass is 16.5. The summed E-state index contributed by atoms with van der Waals surface area (Å²) >= 11 is 0. The molecule has 6 nitrogen and oxygen atoms in total. The van der Waals surface area contributed by atoms with E-state index in [4.69, 9.17) is 4.74 Å². The van der Waals surface area contributed by atoms with Crippen molar-refractivity contribution in [2.45, 2.75) is 44.2 Å². The van der Waals surface area contributed by atoms with E-state index in [2.05, 4.69) is 34.5 Å². The molecule has 148 valence electrons. The summed E-state index contributed by atoms with van der Waals surface area (Å²) in [6, 6.07) is 10.3. The number of nitrogens with one attached hydrogen (secondary N) is 1. The Bertz CT molecular complexity index is 616. The lowest BCUT2D eigenvalue weighted by atomic mass is 10.0. The summed E-state index contributed by atoms with van der Waals surface area (Å²) in [5.41, 5.74) is 1.31. The zero-order chi connectivity index (χ0) is 19.1. The van der Waals surface area contributed by atoms with Crippen molar-refractivity contribution in [1.82, 2.24) is 15.1 Å². The standard InChI is InChI=1S/C21H31N3O3/c1-23(18-9-14-27-15-10-18)20(25)16-19-21(26)22-11-13-24(19)12-5-8-17-6-3-2-4-7-17/h2-4,6-7,18-19H,5,8-16H2,1H3,(H,22,26). The Morgan fingerprint density at radius 3 is 2.74 bits per heavy atom. The van der Waals surface area contributed by atoms with E-state index in [1.165, 1.54) is 5.56 Å². The summed E-state index contributed by atoms with van der Waals surface area (Å²) in [6.07, 6.45) is 3.98. The van der Waals surface area contributed by atoms with E-state index in [0.717, 1.165) is 38.8 Å². The Morgan fingerprint density at radius 2 is 2.00 bits per heavy atom. The van der Waals surface area contributed by atoms with Gasteiger partial charge in [0.25, 0.3) is 0 Å². The van der Waals surface area contributed by atoms with E-state index in [1.54, 1.807) is 0 Å². The summed E-state index contributed by atoms with van der Waals surface area (Å²) in [7, 11) is 1.86. The predicted molar refractivity (Wildman–Crippen MR) is 104 cm³/mol. The van der Waals surface area contributed by atoms with Gasteiger partial charge < -0.3 is 15.0 Å². The van der Waals surface area contributed by atoms with Gasteiger partial charge in [0.2, 0.25) is 11.8 Å². The van der Waals surface area contributed by atoms with Crippen LogP contribution in [-0.4, -0.2) is 73.6 Å². The predicted octanol–water partition coefficient (Wildman–Crippen LogP) is 1.45. The minimum absolute atomic E-state index is 0.0188. The normalized spacial score (nSPS) is 21.7. The van der Waals surface area contributed by atoms with Gasteiger partial charge in [-0.1, -0.05) is 30.3 Å². The van der Waals surface area contributed by atoms with Gasteiger partial charge in [-0.3, -0.25) is 14.5 Å². The molecule has 1 N–H and O–H groups in total. The average Bonchev–Trinajstić information content (AvgIpc) is 2.71. The molecule has 0 spiro atoms. The maximum Gasteiger partial charge on any atom is 0.237 e. The number of ether oxygens (including phenoxy) is 1. The number of carbonyl (C=O) groups excluding carboxylic acids is 2. The molecule has 1 aromatic rings. The van der Waals surface area contributed by atoms with Crippen molar-refractivity contribution in [2.75, 3.05) is 39.9 Å². The van der Waals surface area contributed by atoms with Crippen molar-refractivity contribution in [3.63, 3.8) is 0 Å². The topological polar surface area (TPSA) is 61.9 Å². The molecule has 1 atom stereocenters. The van der Waals surface area contributed by atoms with Crippen LogP contribution in [0, 0.1) is 0 Å². The van der Waals surface area contributed by atoms with Crippen molar-refractivity contribution in [1.29, 1.82) is 0 Å². The number of amides is 2. The number of hydrogen-bond donors (Lipinski definition) is 1. The third-order valence-corrected chi connectivity index (χ3v) is 5.70. The van der Waals surface area contributed by atoms with Crippen LogP contribution in [0.25, 0.3) is 0 Å². The van der Waals surface area contributed by atoms with Gasteiger partial charge in [-0.05, 0) is 37.8 Å². The highest BCUT2D eigenvalue weighted by molar-refractivity contribution is 5.88. The summed E-state index contributed by atoms with van der Waals surface area (Å²) in [4.78, 5) is 29.2. The van der Waals surface area contributed by atoms with Crippen molar-refractivity contribution in [3.8, 4) is 0 Å². The molecule has 3 rings (SSSR count). The molecular formula is C21H31N3O3. The van der Waals surface area contributed by atoms with E-state index < -0.39 is 0 Å². The Labute approximate surface area is 161 Å². The minimum atomic E-state index is -0.357. The van der Waals surface area contributed by atoms with E-state index in [9.17, 15) is 9.59 Å². The second-order valence-electron chi connectivity index (χ2n) is 7.48. The number of carbonyl (C=O) groups is 2. The fourth-order valence-corrected chi connectivity index (χ4v) is 3.97. The molecule has 0 aromatic heterocycles. The van der Waals surface area contributed by atoms with Crippen molar-refractivity contribution < 1.29 is 14.3 Å². The lowest BCUT2D eigenvalue weighted by molar-refractivity contribution is -0.140. The second kappa shape index (κ2) is 9.85. The molecule has 27 heavy (non-hydrogen) atoms. The van der Waals surface area contributed by atoms with Crippen LogP contribution in [0.2, 0.25) is 0 Å². The van der Waals surface area contributed by atoms with E-state index >= 15 is 0 Å². The zero-order valence-corrected chi connectivity index (χ0v) is 16.2. The number of benzene rings is 1. The molecule has 6 heteroatoms. The number of aryl methyl sites for hydroxylation is 1. The van der Waals surface area contributed by atoms with Crippen LogP contribution >= 0.6 is 0 Å². The largest absolute Gasteiger partial charge is 0.381 e. The summed E-state index contributed by atoms with van der Waals surface area (Å²) < 4.78 is 5.38. The fourth-order valence-electron chi connectivity index (χ4n) is 3.97. The molecular weight excluding hydrogens is 342 g/mol. The molecule has 0 saturated carbocycles. The summed E-state index contributed by atoms with van der Waals surface area (Å²) in [5, 5.41) is 2.92. The minimum Gasteiger partial charge on any atom is -0.381 e. The molecule has 2 fully saturated rings. The Hall–Kier alpha value is -1.92. The maximum atomic E-state index is 12.8. The third-order valence-electron chi connectivity index (χ3n) is 5.70. The van der Waals surface area contributed by atoms with Gasteiger partial charge in [-0.15, -0.1) is 0 Å². The highest BCUT2D eigenvalue weighted by Crippen LogP contribution is 2.17. The second-order valence-corrected chi connectivity index (χ2v) is 7.48. The number of rotatable bonds is 7. The summed E-state index contributed by atoms with van der Waals surface area (Å²) in [6.45, 7) is 3.71. The van der Waals surface area contributed by atoms with Crippen molar-refractivity contribution >= 4 is 11.8 Å². The highest BCUT2D eigenvalue weighted by Gasteiger charge is 2.33. The lowest BCUT2D eigenvalue weighted by Gasteiger charge is -2.37. The van der Waals surface area contributed by atoms with Gasteiger partial charge in [0, 0.05) is 39.4 Å². The number of piperazine rings is 1. The molecule has 0 aliphatic carbocycles. The smallest absolute Gasteiger partial charge is 0.237 e. The van der Waals surface area contributed by atoms with Gasteiger partial charge in [-0.2, -0.15) is 0 Å². The first-order valence-corrected chi connectivity index (χ1v) is 10.0. The number of nitrogens with zero attached hydrogens (tertiary/aromatic N) is 2. The molecule has 2 amide bonds. The molecule has 0 bridgehead atoms. The average molecular weight is 373 g/mol. The molecule has 2 heterocycles. The van der Waals surface area contributed by atoms with Gasteiger partial charge in [0.1, 0.15) is 0 Å². The maximum absolute atomic E-state index is 12.8. The first-order chi connectivity index (χ1) is 13.1. The van der Waals surface area contributed by atoms with Crippen molar-refractivity contribution in [2.24, 2.45) is 0 Å². The van der Waals surface area contributed by atoms with Crippen LogP contribution in [-0.2, 0) is 20.7 Å². The van der Waals surface area contributed by atoms with Crippen LogP contribution in [0.1, 0.15) is 31.2 Å². The Kier molecular flexibility index (Phi) is 7.24. The fraction of sp³-hybridized carbons (Fsp3) is 0.619. The third kappa shape index (κ3) is 5.53. The molecule has 2 aliphatic heterocycles. The first kappa shape index (κ1) is 19.8. The SMILES string of the molecule is CN(C(=O)CC1C(=O)NCCN1CCCc1ccccc1)C1CCOCC1. The molecule has 1 aromatic carbocycles. The molecule has 2 saturated heterocycles. The summed E-state index contributed by atoms with van der Waals surface area (Å²) in [5.74, 6) is 0.0340. The monoisotopic (exact) mass is 373 g/mol. The van der Waals surface area contributed by atoms with Gasteiger partial charge >= 0.3 is 0 Å². The van der Waals surface area contributed by atoms with E-state index in [-0.39, 0.29) is 30.3 Å². The van der Waals surface area contributed by atoms with Crippen LogP contribution in [0.3, 0.4) is 0 Å². The van der Waals surface area contributed by atoms with Crippen LogP contribution < -0.4 is 5.32 Å². The van der Waals surface area contributed by atoms with E-state index in [1.807, 2.05) is 18.0 Å². The van der Waals surface area contributed by atoms with Gasteiger partial charge in [0.05, 0.1) is 12.5 Å². The van der Waals surface area contributed by atoms with Gasteiger partial charge in [0.15, 0.2) is 0 Å². The quantitative estimate of drug-likeness (QED) is 0.786. The molecule has 0 radical (unpaired) electrons. The lowest BCUT2D eigenvalue weighted by Crippen LogP contribution is -2.57. The molecule has 1 unspecified atom stereocenters. The van der Waals surface area contributed by atoms with Gasteiger partial charge in [-0.25, -0.2) is 0 Å². The number of hydrogen-bond acceptors (Lipinski definition) is 4. The van der Waals surface area contributed by atoms with E-state index in [0.29, 0.717) is 19.8 Å². The zero-order valence-electron chi connectivity index (χ0n) is 16.2. The van der Waals surface area contributed by atoms with Crippen LogP contribution in [0.5, 0.6) is 0 Å². The van der Waals surface area contributed by atoms with Crippen LogP contribution in [0.4, 0.5) is 0 Å². The van der Waals surface area contributed by atoms with Crippen molar-refractivity contribution in [3.05, 3.63) is 35.9 Å². The Morgan fingerprint density at radius 1 is 1.26 bits per heavy atom. The molecule has 2 aliphatic rings. The first-order valence-electron chi connectivity index (χ1n) is 10.0. The Balaban J connectivity index is 1.53. The van der Waals surface area contributed by atoms with Crippen LogP contribution in [0.15, 0.2) is 30.3 Å².